The molecule has 2 aromatic carbocycles. The number of aromatic amines is 1. The predicted molar refractivity (Wildman–Crippen MR) is 106 cm³/mol. The number of H-pyrrole nitrogens is 1. The number of aliphatic carboxylic acids is 1. The summed E-state index contributed by atoms with van der Waals surface area (Å²) in [5.74, 6) is -1.47. The van der Waals surface area contributed by atoms with Crippen LogP contribution in [0.3, 0.4) is 0 Å². The van der Waals surface area contributed by atoms with Crippen LogP contribution >= 0.6 is 0 Å². The third-order valence-corrected chi connectivity index (χ3v) is 6.20. The summed E-state index contributed by atoms with van der Waals surface area (Å²) in [6.45, 7) is 6.09. The van der Waals surface area contributed by atoms with Gasteiger partial charge in [-0.05, 0) is 41.2 Å². The normalized spacial score (nSPS) is 13.5. The Bertz CT molecular complexity index is 1090. The van der Waals surface area contributed by atoms with Crippen molar-refractivity contribution in [2.24, 2.45) is 0 Å². The number of fused-ring (bicyclic) bond motifs is 1. The van der Waals surface area contributed by atoms with Gasteiger partial charge in [-0.2, -0.15) is 0 Å². The lowest BCUT2D eigenvalue weighted by molar-refractivity contribution is -0.307. The second-order valence-corrected chi connectivity index (χ2v) is 9.54. The van der Waals surface area contributed by atoms with E-state index in [4.69, 9.17) is 0 Å². The van der Waals surface area contributed by atoms with Crippen LogP contribution < -0.4 is 9.83 Å². The van der Waals surface area contributed by atoms with Crippen LogP contribution in [-0.2, 0) is 26.7 Å². The van der Waals surface area contributed by atoms with E-state index >= 15 is 0 Å². The van der Waals surface area contributed by atoms with Gasteiger partial charge in [0.1, 0.15) is 0 Å². The Balaban J connectivity index is 1.84. The highest BCUT2D eigenvalue weighted by Gasteiger charge is 2.23. The fourth-order valence-corrected chi connectivity index (χ4v) is 4.27. The number of nitrogens with one attached hydrogen (secondary N) is 2. The number of hydrogen-bond donors (Lipinski definition) is 2. The molecular weight excluding hydrogens is 376 g/mol. The molecule has 1 heterocycles. The molecule has 0 aliphatic rings. The molecule has 28 heavy (non-hydrogen) atoms. The number of carboxylic acids is 1. The van der Waals surface area contributed by atoms with Gasteiger partial charge in [-0.25, -0.2) is 13.1 Å². The van der Waals surface area contributed by atoms with Gasteiger partial charge < -0.3 is 14.9 Å². The molecule has 0 radical (unpaired) electrons. The second kappa shape index (κ2) is 7.41. The van der Waals surface area contributed by atoms with Gasteiger partial charge in [-0.15, -0.1) is 0 Å². The zero-order valence-electron chi connectivity index (χ0n) is 16.0. The van der Waals surface area contributed by atoms with Gasteiger partial charge in [0.15, 0.2) is 0 Å². The predicted octanol–water partition coefficient (Wildman–Crippen LogP) is 2.10. The Kier molecular flexibility index (Phi) is 5.32. The number of sulfonamides is 1. The SMILES string of the molecule is CC(C)(C)c1ccc(S(=O)(=O)NC(Cc2c[nH]c3ccccc23)C(=O)[O-])cc1. The summed E-state index contributed by atoms with van der Waals surface area (Å²) in [4.78, 5) is 14.7. The first kappa shape index (κ1) is 20.1. The Labute approximate surface area is 164 Å². The third-order valence-electron chi connectivity index (χ3n) is 4.71. The van der Waals surface area contributed by atoms with E-state index in [1.807, 2.05) is 45.0 Å². The first-order valence-corrected chi connectivity index (χ1v) is 10.4. The minimum Gasteiger partial charge on any atom is -0.548 e. The van der Waals surface area contributed by atoms with Crippen molar-refractivity contribution in [1.82, 2.24) is 9.71 Å². The summed E-state index contributed by atoms with van der Waals surface area (Å²) in [5.41, 5.74) is 2.44. The van der Waals surface area contributed by atoms with Gasteiger partial charge in [-0.1, -0.05) is 51.1 Å². The number of benzene rings is 2. The molecule has 0 fully saturated rings. The van der Waals surface area contributed by atoms with Crippen LogP contribution in [0.1, 0.15) is 31.9 Å². The van der Waals surface area contributed by atoms with Crippen molar-refractivity contribution in [3.8, 4) is 0 Å². The molecule has 1 unspecified atom stereocenters. The van der Waals surface area contributed by atoms with E-state index < -0.39 is 22.0 Å². The van der Waals surface area contributed by atoms with Crippen molar-refractivity contribution in [2.45, 2.75) is 43.5 Å². The smallest absolute Gasteiger partial charge is 0.241 e. The van der Waals surface area contributed by atoms with Gasteiger partial charge in [0.25, 0.3) is 0 Å². The van der Waals surface area contributed by atoms with Crippen LogP contribution in [0.2, 0.25) is 0 Å². The lowest BCUT2D eigenvalue weighted by atomic mass is 9.87. The maximum absolute atomic E-state index is 12.7. The van der Waals surface area contributed by atoms with Crippen molar-refractivity contribution >= 4 is 26.9 Å². The van der Waals surface area contributed by atoms with E-state index in [1.54, 1.807) is 18.3 Å². The second-order valence-electron chi connectivity index (χ2n) is 7.83. The molecule has 6 nitrogen and oxygen atoms in total. The molecule has 0 saturated carbocycles. The molecular formula is C21H23N2O4S-. The summed E-state index contributed by atoms with van der Waals surface area (Å²) < 4.78 is 27.6. The average molecular weight is 399 g/mol. The lowest BCUT2D eigenvalue weighted by Gasteiger charge is -2.21. The Hall–Kier alpha value is -2.64. The zero-order valence-corrected chi connectivity index (χ0v) is 16.8. The molecule has 0 aliphatic heterocycles. The topological polar surface area (TPSA) is 102 Å². The standard InChI is InChI=1S/C21H24N2O4S/c1-21(2,3)15-8-10-16(11-9-15)28(26,27)23-19(20(24)25)12-14-13-22-18-7-5-4-6-17(14)18/h4-11,13,19,22-23H,12H2,1-3H3,(H,24,25)/p-1. The molecule has 1 atom stereocenters. The van der Waals surface area contributed by atoms with Gasteiger partial charge in [0, 0.05) is 17.1 Å². The Morgan fingerprint density at radius 3 is 2.36 bits per heavy atom. The number of para-hydroxylation sites is 1. The molecule has 0 aliphatic carbocycles. The van der Waals surface area contributed by atoms with Crippen LogP contribution in [0.4, 0.5) is 0 Å². The van der Waals surface area contributed by atoms with Crippen LogP contribution in [-0.4, -0.2) is 25.4 Å². The molecule has 3 aromatic rings. The third kappa shape index (κ3) is 4.26. The van der Waals surface area contributed by atoms with Crippen LogP contribution in [0.25, 0.3) is 10.9 Å². The van der Waals surface area contributed by atoms with Crippen molar-refractivity contribution in [2.75, 3.05) is 0 Å². The number of rotatable bonds is 6. The highest BCUT2D eigenvalue weighted by molar-refractivity contribution is 7.89. The van der Waals surface area contributed by atoms with Crippen molar-refractivity contribution in [3.05, 3.63) is 65.9 Å². The monoisotopic (exact) mass is 399 g/mol. The average Bonchev–Trinajstić information content (AvgIpc) is 3.03. The maximum atomic E-state index is 12.7. The minimum absolute atomic E-state index is 0.0191. The van der Waals surface area contributed by atoms with Crippen LogP contribution in [0, 0.1) is 0 Å². The van der Waals surface area contributed by atoms with Crippen LogP contribution in [0.15, 0.2) is 59.6 Å². The zero-order chi connectivity index (χ0) is 20.5. The molecule has 0 saturated heterocycles. The van der Waals surface area contributed by atoms with Crippen molar-refractivity contribution in [1.29, 1.82) is 0 Å². The van der Waals surface area contributed by atoms with Crippen LogP contribution in [0.5, 0.6) is 0 Å². The number of carbonyl (C=O) groups is 1. The molecule has 0 bridgehead atoms. The van der Waals surface area contributed by atoms with Gasteiger partial charge in [-0.3, -0.25) is 0 Å². The highest BCUT2D eigenvalue weighted by atomic mass is 32.2. The molecule has 0 amide bonds. The summed E-state index contributed by atoms with van der Waals surface area (Å²) in [6.07, 6.45) is 1.67. The molecule has 1 aromatic heterocycles. The number of aromatic nitrogens is 1. The maximum Gasteiger partial charge on any atom is 0.241 e. The molecule has 3 rings (SSSR count). The number of carbonyl (C=O) groups excluding carboxylic acids is 1. The molecule has 0 spiro atoms. The quantitative estimate of drug-likeness (QED) is 0.663. The minimum atomic E-state index is -4.00. The van der Waals surface area contributed by atoms with E-state index in [1.165, 1.54) is 12.1 Å². The fraction of sp³-hybridized carbons (Fsp3) is 0.286. The Morgan fingerprint density at radius 1 is 1.11 bits per heavy atom. The van der Waals surface area contributed by atoms with E-state index in [0.717, 1.165) is 16.5 Å². The number of carboxylic acid groups (broad SMARTS) is 1. The van der Waals surface area contributed by atoms with Crippen molar-refractivity contribution in [3.63, 3.8) is 0 Å². The highest BCUT2D eigenvalue weighted by Crippen LogP contribution is 2.24. The number of hydrogen-bond acceptors (Lipinski definition) is 4. The van der Waals surface area contributed by atoms with E-state index in [9.17, 15) is 18.3 Å². The first-order chi connectivity index (χ1) is 13.1. The molecule has 148 valence electrons. The summed E-state index contributed by atoms with van der Waals surface area (Å²) in [5, 5.41) is 12.5. The van der Waals surface area contributed by atoms with Gasteiger partial charge in [0.2, 0.25) is 10.0 Å². The molecule has 2 N–H and O–H groups in total. The van der Waals surface area contributed by atoms with E-state index in [-0.39, 0.29) is 16.7 Å². The van der Waals surface area contributed by atoms with E-state index in [2.05, 4.69) is 9.71 Å². The summed E-state index contributed by atoms with van der Waals surface area (Å²) in [7, 11) is -4.00. The first-order valence-electron chi connectivity index (χ1n) is 8.97. The van der Waals surface area contributed by atoms with Gasteiger partial charge in [0.05, 0.1) is 16.9 Å². The Morgan fingerprint density at radius 2 is 1.75 bits per heavy atom. The fourth-order valence-electron chi connectivity index (χ4n) is 3.08. The summed E-state index contributed by atoms with van der Waals surface area (Å²) in [6, 6.07) is 12.5. The van der Waals surface area contributed by atoms with E-state index in [0.29, 0.717) is 5.56 Å². The van der Waals surface area contributed by atoms with Crippen molar-refractivity contribution < 1.29 is 18.3 Å². The largest absolute Gasteiger partial charge is 0.548 e. The summed E-state index contributed by atoms with van der Waals surface area (Å²) >= 11 is 0. The lowest BCUT2D eigenvalue weighted by Crippen LogP contribution is -2.49. The van der Waals surface area contributed by atoms with Gasteiger partial charge >= 0.3 is 0 Å². The molecule has 7 heteroatoms.